The molecule has 2 aliphatic rings. The molecule has 2 atom stereocenters. The van der Waals surface area contributed by atoms with Crippen LogP contribution >= 0.6 is 0 Å². The molecule has 1 amide bonds. The van der Waals surface area contributed by atoms with Crippen LogP contribution in [0.2, 0.25) is 0 Å². The normalized spacial score (nSPS) is 26.4. The largest absolute Gasteiger partial charge is 0.329 e. The molecule has 1 aromatic carbocycles. The highest BCUT2D eigenvalue weighted by atomic mass is 19.1. The zero-order valence-electron chi connectivity index (χ0n) is 10.4. The first kappa shape index (κ1) is 12.3. The molecular weight excluding hydrogens is 247 g/mol. The summed E-state index contributed by atoms with van der Waals surface area (Å²) >= 11 is 0. The van der Waals surface area contributed by atoms with Crippen molar-refractivity contribution in [1.29, 1.82) is 0 Å². The average Bonchev–Trinajstić information content (AvgIpc) is 2.37. The van der Waals surface area contributed by atoms with Gasteiger partial charge in [0.15, 0.2) is 0 Å². The monoisotopic (exact) mass is 262 g/mol. The predicted octanol–water partition coefficient (Wildman–Crippen LogP) is 0.971. The molecule has 0 radical (unpaired) electrons. The lowest BCUT2D eigenvalue weighted by Gasteiger charge is -2.45. The summed E-state index contributed by atoms with van der Waals surface area (Å²) < 4.78 is 13.7. The van der Waals surface area contributed by atoms with Crippen molar-refractivity contribution in [2.75, 3.05) is 13.1 Å². The molecule has 100 valence electrons. The van der Waals surface area contributed by atoms with Crippen LogP contribution in [0.5, 0.6) is 0 Å². The van der Waals surface area contributed by atoms with E-state index in [4.69, 9.17) is 0 Å². The summed E-state index contributed by atoms with van der Waals surface area (Å²) in [6, 6.07) is 5.71. The molecule has 2 fully saturated rings. The van der Waals surface area contributed by atoms with E-state index in [1.54, 1.807) is 17.0 Å². The van der Waals surface area contributed by atoms with Crippen LogP contribution in [0.3, 0.4) is 0 Å². The Morgan fingerprint density at radius 2 is 1.84 bits per heavy atom. The number of ketones is 1. The molecule has 5 heteroatoms. The number of amides is 1. The Hall–Kier alpha value is -1.75. The standard InChI is InChI=1S/C14H15FN2O2/c15-13-4-2-1-3-12(13)14(19)17-9-5-11(18)6-10(17)8-16-7-9/h1-4,9-10,16H,5-8H2. The van der Waals surface area contributed by atoms with Gasteiger partial charge in [-0.15, -0.1) is 0 Å². The maximum atomic E-state index is 13.7. The fraction of sp³-hybridized carbons (Fsp3) is 0.429. The zero-order valence-corrected chi connectivity index (χ0v) is 10.4. The van der Waals surface area contributed by atoms with Gasteiger partial charge in [0, 0.05) is 25.9 Å². The molecule has 0 aromatic heterocycles. The second-order valence-electron chi connectivity index (χ2n) is 5.11. The van der Waals surface area contributed by atoms with Crippen molar-refractivity contribution in [3.63, 3.8) is 0 Å². The number of benzene rings is 1. The first-order chi connectivity index (χ1) is 9.16. The van der Waals surface area contributed by atoms with E-state index in [-0.39, 0.29) is 29.3 Å². The lowest BCUT2D eigenvalue weighted by Crippen LogP contribution is -2.63. The third-order valence-electron chi connectivity index (χ3n) is 3.81. The molecule has 19 heavy (non-hydrogen) atoms. The van der Waals surface area contributed by atoms with Crippen molar-refractivity contribution in [3.05, 3.63) is 35.6 Å². The predicted molar refractivity (Wildman–Crippen MR) is 67.3 cm³/mol. The molecule has 1 N–H and O–H groups in total. The first-order valence-corrected chi connectivity index (χ1v) is 6.46. The van der Waals surface area contributed by atoms with Crippen molar-refractivity contribution >= 4 is 11.7 Å². The van der Waals surface area contributed by atoms with Gasteiger partial charge < -0.3 is 10.2 Å². The van der Waals surface area contributed by atoms with Gasteiger partial charge in [0.1, 0.15) is 11.6 Å². The molecule has 2 bridgehead atoms. The van der Waals surface area contributed by atoms with E-state index < -0.39 is 5.82 Å². The fourth-order valence-electron chi connectivity index (χ4n) is 2.97. The minimum atomic E-state index is -0.504. The lowest BCUT2D eigenvalue weighted by molar-refractivity contribution is -0.125. The van der Waals surface area contributed by atoms with Crippen LogP contribution in [0.4, 0.5) is 4.39 Å². The molecule has 2 saturated heterocycles. The Balaban J connectivity index is 1.91. The number of carbonyl (C=O) groups is 2. The number of rotatable bonds is 1. The van der Waals surface area contributed by atoms with Crippen LogP contribution in [0.25, 0.3) is 0 Å². The van der Waals surface area contributed by atoms with Gasteiger partial charge in [-0.05, 0) is 12.1 Å². The minimum Gasteiger partial charge on any atom is -0.329 e. The molecule has 2 heterocycles. The Morgan fingerprint density at radius 1 is 1.21 bits per heavy atom. The number of hydrogen-bond acceptors (Lipinski definition) is 3. The molecule has 0 spiro atoms. The number of Topliss-reactive ketones (excluding diaryl/α,β-unsaturated/α-hetero) is 1. The van der Waals surface area contributed by atoms with Crippen LogP contribution < -0.4 is 5.32 Å². The van der Waals surface area contributed by atoms with Gasteiger partial charge in [0.05, 0.1) is 17.6 Å². The molecule has 2 aliphatic heterocycles. The van der Waals surface area contributed by atoms with Crippen molar-refractivity contribution in [1.82, 2.24) is 10.2 Å². The second kappa shape index (κ2) is 4.74. The van der Waals surface area contributed by atoms with E-state index in [2.05, 4.69) is 5.32 Å². The van der Waals surface area contributed by atoms with Gasteiger partial charge in [-0.3, -0.25) is 9.59 Å². The Kier molecular flexibility index (Phi) is 3.06. The van der Waals surface area contributed by atoms with Gasteiger partial charge in [-0.1, -0.05) is 12.1 Å². The summed E-state index contributed by atoms with van der Waals surface area (Å²) in [4.78, 5) is 25.8. The molecular formula is C14H15FN2O2. The van der Waals surface area contributed by atoms with Gasteiger partial charge in [0.25, 0.3) is 5.91 Å². The maximum absolute atomic E-state index is 13.7. The van der Waals surface area contributed by atoms with Gasteiger partial charge in [0.2, 0.25) is 0 Å². The van der Waals surface area contributed by atoms with Gasteiger partial charge in [-0.25, -0.2) is 4.39 Å². The third kappa shape index (κ3) is 2.14. The van der Waals surface area contributed by atoms with Crippen LogP contribution in [0.15, 0.2) is 24.3 Å². The Bertz CT molecular complexity index is 516. The molecule has 1 aromatic rings. The fourth-order valence-corrected chi connectivity index (χ4v) is 2.97. The number of halogens is 1. The van der Waals surface area contributed by atoms with Crippen LogP contribution in [0.1, 0.15) is 23.2 Å². The zero-order chi connectivity index (χ0) is 13.4. The SMILES string of the molecule is O=C1CC2CNCC(C1)N2C(=O)c1ccccc1F. The Labute approximate surface area is 110 Å². The average molecular weight is 262 g/mol. The van der Waals surface area contributed by atoms with E-state index in [0.29, 0.717) is 25.9 Å². The molecule has 4 nitrogen and oxygen atoms in total. The topological polar surface area (TPSA) is 49.4 Å². The summed E-state index contributed by atoms with van der Waals surface area (Å²) in [6.45, 7) is 1.20. The van der Waals surface area contributed by atoms with Crippen LogP contribution in [0, 0.1) is 5.82 Å². The van der Waals surface area contributed by atoms with Crippen molar-refractivity contribution in [2.45, 2.75) is 24.9 Å². The van der Waals surface area contributed by atoms with E-state index in [9.17, 15) is 14.0 Å². The van der Waals surface area contributed by atoms with E-state index in [0.717, 1.165) is 0 Å². The van der Waals surface area contributed by atoms with Crippen molar-refractivity contribution in [3.8, 4) is 0 Å². The molecule has 0 saturated carbocycles. The van der Waals surface area contributed by atoms with Crippen LogP contribution in [-0.4, -0.2) is 41.8 Å². The van der Waals surface area contributed by atoms with E-state index in [1.807, 2.05) is 0 Å². The minimum absolute atomic E-state index is 0.0914. The number of piperazine rings is 1. The molecule has 2 unspecified atom stereocenters. The summed E-state index contributed by atoms with van der Waals surface area (Å²) in [5.41, 5.74) is 0.0914. The maximum Gasteiger partial charge on any atom is 0.257 e. The number of carbonyl (C=O) groups excluding carboxylic acids is 2. The lowest BCUT2D eigenvalue weighted by atomic mass is 9.90. The summed E-state index contributed by atoms with van der Waals surface area (Å²) in [5.74, 6) is -0.619. The Morgan fingerprint density at radius 3 is 2.47 bits per heavy atom. The second-order valence-corrected chi connectivity index (χ2v) is 5.11. The van der Waals surface area contributed by atoms with Gasteiger partial charge in [-0.2, -0.15) is 0 Å². The van der Waals surface area contributed by atoms with E-state index in [1.165, 1.54) is 12.1 Å². The number of nitrogens with one attached hydrogen (secondary N) is 1. The highest BCUT2D eigenvalue weighted by Gasteiger charge is 2.40. The van der Waals surface area contributed by atoms with Crippen molar-refractivity contribution < 1.29 is 14.0 Å². The van der Waals surface area contributed by atoms with Crippen molar-refractivity contribution in [2.24, 2.45) is 0 Å². The summed E-state index contributed by atoms with van der Waals surface area (Å²) in [6.07, 6.45) is 0.730. The van der Waals surface area contributed by atoms with Crippen LogP contribution in [-0.2, 0) is 4.79 Å². The number of piperidine rings is 1. The number of hydrogen-bond donors (Lipinski definition) is 1. The van der Waals surface area contributed by atoms with E-state index >= 15 is 0 Å². The van der Waals surface area contributed by atoms with Gasteiger partial charge >= 0.3 is 0 Å². The quantitative estimate of drug-likeness (QED) is 0.820. The summed E-state index contributed by atoms with van der Waals surface area (Å²) in [7, 11) is 0. The molecule has 0 aliphatic carbocycles. The highest BCUT2D eigenvalue weighted by Crippen LogP contribution is 2.26. The third-order valence-corrected chi connectivity index (χ3v) is 3.81. The number of fused-ring (bicyclic) bond motifs is 2. The molecule has 3 rings (SSSR count). The summed E-state index contributed by atoms with van der Waals surface area (Å²) in [5, 5.41) is 3.22. The number of nitrogens with zero attached hydrogens (tertiary/aromatic N) is 1. The highest BCUT2D eigenvalue weighted by molar-refractivity contribution is 5.96. The smallest absolute Gasteiger partial charge is 0.257 e. The first-order valence-electron chi connectivity index (χ1n) is 6.46.